The van der Waals surface area contributed by atoms with E-state index in [9.17, 15) is 23.4 Å². The molecule has 1 aromatic heterocycles. The maximum Gasteiger partial charge on any atom is 0.347 e. The molecule has 22 heavy (non-hydrogen) atoms. The highest BCUT2D eigenvalue weighted by atomic mass is 32.2. The predicted octanol–water partition coefficient (Wildman–Crippen LogP) is 1.68. The number of thiophene rings is 1. The molecule has 6 nitrogen and oxygen atoms in total. The van der Waals surface area contributed by atoms with Crippen LogP contribution in [0.15, 0.2) is 10.3 Å². The molecule has 0 radical (unpaired) electrons. The summed E-state index contributed by atoms with van der Waals surface area (Å²) in [4.78, 5) is 11.1. The molecule has 2 aliphatic heterocycles. The highest BCUT2D eigenvalue weighted by molar-refractivity contribution is 7.89. The van der Waals surface area contributed by atoms with Gasteiger partial charge >= 0.3 is 5.97 Å². The number of nitrogens with zero attached hydrogens (tertiary/aromatic N) is 1. The third kappa shape index (κ3) is 2.20. The summed E-state index contributed by atoms with van der Waals surface area (Å²) in [6.45, 7) is 3.48. The molecule has 4 atom stereocenters. The lowest BCUT2D eigenvalue weighted by molar-refractivity contribution is 0.0256. The van der Waals surface area contributed by atoms with Crippen LogP contribution in [0.3, 0.4) is 0 Å². The number of carboxylic acids is 1. The van der Waals surface area contributed by atoms with E-state index in [-0.39, 0.29) is 27.8 Å². The van der Waals surface area contributed by atoms with E-state index in [0.717, 1.165) is 17.8 Å². The van der Waals surface area contributed by atoms with E-state index in [1.54, 1.807) is 12.3 Å². The van der Waals surface area contributed by atoms with Crippen LogP contribution in [0.1, 0.15) is 41.4 Å². The number of aryl methyl sites for hydroxylation is 1. The standard InChI is InChI=1S/C14H19NO5S2/c1-7-6-21-12(14(17)18)13(7)22(19,20)15-9-3-4-10(15)8(2)11(16)5-9/h6,8-11,16H,3-5H2,1-2H3,(H,17,18). The van der Waals surface area contributed by atoms with Crippen molar-refractivity contribution in [1.29, 1.82) is 0 Å². The molecule has 122 valence electrons. The number of carbonyl (C=O) groups is 1. The van der Waals surface area contributed by atoms with Gasteiger partial charge in [-0.25, -0.2) is 13.2 Å². The number of rotatable bonds is 3. The van der Waals surface area contributed by atoms with Gasteiger partial charge in [-0.05, 0) is 43.0 Å². The number of fused-ring (bicyclic) bond motifs is 2. The molecule has 0 aromatic carbocycles. The molecule has 2 N–H and O–H groups in total. The van der Waals surface area contributed by atoms with Crippen LogP contribution in [-0.4, -0.2) is 47.1 Å². The molecule has 2 bridgehead atoms. The summed E-state index contributed by atoms with van der Waals surface area (Å²) in [6.07, 6.45) is 1.36. The van der Waals surface area contributed by atoms with E-state index in [1.165, 1.54) is 4.31 Å². The van der Waals surface area contributed by atoms with Crippen LogP contribution in [0.5, 0.6) is 0 Å². The quantitative estimate of drug-likeness (QED) is 0.869. The van der Waals surface area contributed by atoms with E-state index >= 15 is 0 Å². The highest BCUT2D eigenvalue weighted by Crippen LogP contribution is 2.44. The number of aliphatic hydroxyl groups excluding tert-OH is 1. The third-order valence-electron chi connectivity index (χ3n) is 4.86. The third-order valence-corrected chi connectivity index (χ3v) is 8.24. The second-order valence-electron chi connectivity index (χ2n) is 6.18. The average Bonchev–Trinajstić information content (AvgIpc) is 2.98. The Hall–Kier alpha value is -0.960. The normalized spacial score (nSPS) is 32.3. The van der Waals surface area contributed by atoms with Crippen molar-refractivity contribution in [3.63, 3.8) is 0 Å². The Morgan fingerprint density at radius 2 is 2.09 bits per heavy atom. The van der Waals surface area contributed by atoms with Crippen molar-refractivity contribution >= 4 is 27.3 Å². The van der Waals surface area contributed by atoms with Gasteiger partial charge in [0.15, 0.2) is 0 Å². The van der Waals surface area contributed by atoms with Crippen molar-refractivity contribution in [2.45, 2.75) is 56.2 Å². The molecule has 2 saturated heterocycles. The largest absolute Gasteiger partial charge is 0.477 e. The summed E-state index contributed by atoms with van der Waals surface area (Å²) in [6, 6.07) is -0.484. The maximum absolute atomic E-state index is 13.1. The second-order valence-corrected chi connectivity index (χ2v) is 8.84. The molecule has 0 spiro atoms. The molecule has 0 amide bonds. The molecule has 8 heteroatoms. The fourth-order valence-electron chi connectivity index (χ4n) is 3.74. The summed E-state index contributed by atoms with van der Waals surface area (Å²) in [7, 11) is -3.87. The molecule has 2 fully saturated rings. The molecule has 1 aromatic rings. The molecular weight excluding hydrogens is 326 g/mol. The van der Waals surface area contributed by atoms with Gasteiger partial charge < -0.3 is 10.2 Å². The molecule has 3 heterocycles. The lowest BCUT2D eigenvalue weighted by Gasteiger charge is -2.40. The number of hydrogen-bond acceptors (Lipinski definition) is 5. The zero-order chi connectivity index (χ0) is 16.2. The number of aromatic carboxylic acids is 1. The van der Waals surface area contributed by atoms with Crippen molar-refractivity contribution in [3.8, 4) is 0 Å². The van der Waals surface area contributed by atoms with E-state index in [4.69, 9.17) is 0 Å². The Balaban J connectivity index is 2.09. The van der Waals surface area contributed by atoms with Crippen LogP contribution in [0.25, 0.3) is 0 Å². The Bertz CT molecular complexity index is 711. The van der Waals surface area contributed by atoms with Gasteiger partial charge in [-0.2, -0.15) is 4.31 Å². The lowest BCUT2D eigenvalue weighted by atomic mass is 9.91. The Kier molecular flexibility index (Phi) is 3.83. The summed E-state index contributed by atoms with van der Waals surface area (Å²) in [5, 5.41) is 20.9. The number of carboxylic acid groups (broad SMARTS) is 1. The van der Waals surface area contributed by atoms with Gasteiger partial charge in [-0.3, -0.25) is 0 Å². The van der Waals surface area contributed by atoms with Crippen molar-refractivity contribution in [2.75, 3.05) is 0 Å². The zero-order valence-electron chi connectivity index (χ0n) is 12.4. The second kappa shape index (κ2) is 5.30. The van der Waals surface area contributed by atoms with E-state index in [1.807, 2.05) is 6.92 Å². The Morgan fingerprint density at radius 1 is 1.41 bits per heavy atom. The van der Waals surface area contributed by atoms with Crippen LogP contribution in [0.2, 0.25) is 0 Å². The smallest absolute Gasteiger partial charge is 0.347 e. The van der Waals surface area contributed by atoms with Gasteiger partial charge in [-0.15, -0.1) is 11.3 Å². The van der Waals surface area contributed by atoms with Gasteiger partial charge in [0, 0.05) is 12.1 Å². The van der Waals surface area contributed by atoms with Gasteiger partial charge in [0.05, 0.1) is 6.10 Å². The van der Waals surface area contributed by atoms with Crippen molar-refractivity contribution in [2.24, 2.45) is 5.92 Å². The predicted molar refractivity (Wildman–Crippen MR) is 81.6 cm³/mol. The van der Waals surface area contributed by atoms with E-state index in [0.29, 0.717) is 18.4 Å². The fraction of sp³-hybridized carbons (Fsp3) is 0.643. The van der Waals surface area contributed by atoms with Crippen LogP contribution >= 0.6 is 11.3 Å². The average molecular weight is 345 g/mol. The molecule has 0 saturated carbocycles. The van der Waals surface area contributed by atoms with Crippen LogP contribution in [0, 0.1) is 12.8 Å². The SMILES string of the molecule is Cc1csc(C(=O)O)c1S(=O)(=O)N1C2CCC1C(C)C(O)C2. The van der Waals surface area contributed by atoms with Gasteiger partial charge in [0.2, 0.25) is 10.0 Å². The minimum Gasteiger partial charge on any atom is -0.477 e. The minimum atomic E-state index is -3.87. The monoisotopic (exact) mass is 345 g/mol. The molecule has 3 rings (SSSR count). The van der Waals surface area contributed by atoms with Crippen molar-refractivity contribution < 1.29 is 23.4 Å². The molecule has 0 aliphatic carbocycles. The Labute approximate surface area is 133 Å². The summed E-state index contributed by atoms with van der Waals surface area (Å²) < 4.78 is 27.7. The van der Waals surface area contributed by atoms with Crippen LogP contribution in [0.4, 0.5) is 0 Å². The topological polar surface area (TPSA) is 94.9 Å². The van der Waals surface area contributed by atoms with Crippen LogP contribution < -0.4 is 0 Å². The van der Waals surface area contributed by atoms with Crippen molar-refractivity contribution in [3.05, 3.63) is 15.8 Å². The molecule has 4 unspecified atom stereocenters. The number of hydrogen-bond donors (Lipinski definition) is 2. The first-order chi connectivity index (χ1) is 10.2. The van der Waals surface area contributed by atoms with Crippen LogP contribution in [-0.2, 0) is 10.0 Å². The van der Waals surface area contributed by atoms with E-state index in [2.05, 4.69) is 0 Å². The Morgan fingerprint density at radius 3 is 2.73 bits per heavy atom. The maximum atomic E-state index is 13.1. The first kappa shape index (κ1) is 15.9. The zero-order valence-corrected chi connectivity index (χ0v) is 14.0. The number of sulfonamides is 1. The number of piperidine rings is 1. The summed E-state index contributed by atoms with van der Waals surface area (Å²) in [5.74, 6) is -1.35. The number of aliphatic hydroxyl groups is 1. The highest BCUT2D eigenvalue weighted by Gasteiger charge is 2.51. The lowest BCUT2D eigenvalue weighted by Crippen LogP contribution is -2.52. The fourth-order valence-corrected chi connectivity index (χ4v) is 7.29. The van der Waals surface area contributed by atoms with E-state index < -0.39 is 22.1 Å². The van der Waals surface area contributed by atoms with Crippen molar-refractivity contribution in [1.82, 2.24) is 4.31 Å². The first-order valence-electron chi connectivity index (χ1n) is 7.28. The van der Waals surface area contributed by atoms with Gasteiger partial charge in [0.1, 0.15) is 9.77 Å². The molecule has 2 aliphatic rings. The minimum absolute atomic E-state index is 0.0783. The summed E-state index contributed by atoms with van der Waals surface area (Å²) >= 11 is 0.945. The van der Waals surface area contributed by atoms with Gasteiger partial charge in [-0.1, -0.05) is 6.92 Å². The summed E-state index contributed by atoms with van der Waals surface area (Å²) in [5.41, 5.74) is 0.473. The van der Waals surface area contributed by atoms with Gasteiger partial charge in [0.25, 0.3) is 0 Å². The molecular formula is C14H19NO5S2. The first-order valence-corrected chi connectivity index (χ1v) is 9.60.